The molecule has 0 N–H and O–H groups in total. The number of piperazine rings is 1. The molecule has 1 aliphatic heterocycles. The van der Waals surface area contributed by atoms with Crippen LogP contribution in [-0.4, -0.2) is 61.4 Å². The summed E-state index contributed by atoms with van der Waals surface area (Å²) in [6.07, 6.45) is 4.44. The summed E-state index contributed by atoms with van der Waals surface area (Å²) in [5.74, 6) is 0.224. The smallest absolute Gasteiger partial charge is 0.224 e. The van der Waals surface area contributed by atoms with Crippen molar-refractivity contribution in [2.45, 2.75) is 33.4 Å². The van der Waals surface area contributed by atoms with Gasteiger partial charge in [-0.1, -0.05) is 0 Å². The third-order valence-corrected chi connectivity index (χ3v) is 5.87. The Morgan fingerprint density at radius 1 is 1.24 bits per heavy atom. The van der Waals surface area contributed by atoms with Gasteiger partial charge in [-0.15, -0.1) is 0 Å². The minimum Gasteiger partial charge on any atom is -0.340 e. The molecule has 3 rings (SSSR count). The molecule has 2 aromatic heterocycles. The lowest BCUT2D eigenvalue weighted by Gasteiger charge is -2.34. The number of halogens is 1. The summed E-state index contributed by atoms with van der Waals surface area (Å²) in [4.78, 5) is 16.8. The van der Waals surface area contributed by atoms with E-state index in [0.717, 1.165) is 47.7 Å². The molecule has 7 nitrogen and oxygen atoms in total. The van der Waals surface area contributed by atoms with E-state index in [1.165, 1.54) is 5.56 Å². The Morgan fingerprint density at radius 2 is 1.96 bits per heavy atom. The van der Waals surface area contributed by atoms with Gasteiger partial charge in [-0.05, 0) is 36.4 Å². The average Bonchev–Trinajstić information content (AvgIpc) is 3.08. The van der Waals surface area contributed by atoms with Gasteiger partial charge in [-0.3, -0.25) is 19.1 Å². The second kappa shape index (κ2) is 7.86. The van der Waals surface area contributed by atoms with E-state index >= 15 is 0 Å². The predicted molar refractivity (Wildman–Crippen MR) is 104 cm³/mol. The van der Waals surface area contributed by atoms with Gasteiger partial charge in [0.25, 0.3) is 0 Å². The highest BCUT2D eigenvalue weighted by Crippen LogP contribution is 2.13. The lowest BCUT2D eigenvalue weighted by Crippen LogP contribution is -2.48. The molecule has 1 aliphatic rings. The van der Waals surface area contributed by atoms with Gasteiger partial charge < -0.3 is 4.90 Å². The highest BCUT2D eigenvalue weighted by atomic mass is 127. The standard InChI is InChI=1S/C17H25IN6O/c1-13-15(11-21(3)20-13)12-22-6-8-23(9-7-22)17(25)4-5-24-14(2)16(18)10-19-24/h10-11H,4-9,12H2,1-3H3. The first-order valence-corrected chi connectivity index (χ1v) is 9.69. The maximum Gasteiger partial charge on any atom is 0.224 e. The van der Waals surface area contributed by atoms with Crippen LogP contribution in [0.3, 0.4) is 0 Å². The zero-order valence-corrected chi connectivity index (χ0v) is 17.2. The van der Waals surface area contributed by atoms with Crippen molar-refractivity contribution in [2.75, 3.05) is 26.2 Å². The number of rotatable bonds is 5. The van der Waals surface area contributed by atoms with Crippen LogP contribution in [0, 0.1) is 17.4 Å². The van der Waals surface area contributed by atoms with Crippen LogP contribution in [0.4, 0.5) is 0 Å². The molecular weight excluding hydrogens is 431 g/mol. The summed E-state index contributed by atoms with van der Waals surface area (Å²) in [7, 11) is 1.95. The zero-order valence-electron chi connectivity index (χ0n) is 15.1. The fraction of sp³-hybridized carbons (Fsp3) is 0.588. The fourth-order valence-electron chi connectivity index (χ4n) is 3.21. The van der Waals surface area contributed by atoms with Crippen molar-refractivity contribution in [3.8, 4) is 0 Å². The van der Waals surface area contributed by atoms with E-state index in [-0.39, 0.29) is 5.91 Å². The van der Waals surface area contributed by atoms with Gasteiger partial charge in [-0.25, -0.2) is 0 Å². The van der Waals surface area contributed by atoms with Gasteiger partial charge in [0.2, 0.25) is 5.91 Å². The summed E-state index contributed by atoms with van der Waals surface area (Å²) >= 11 is 2.27. The molecule has 2 aromatic rings. The van der Waals surface area contributed by atoms with Crippen LogP contribution in [0.25, 0.3) is 0 Å². The maximum absolute atomic E-state index is 12.5. The quantitative estimate of drug-likeness (QED) is 0.642. The van der Waals surface area contributed by atoms with Crippen LogP contribution in [0.2, 0.25) is 0 Å². The maximum atomic E-state index is 12.5. The van der Waals surface area contributed by atoms with E-state index in [4.69, 9.17) is 0 Å². The van der Waals surface area contributed by atoms with Crippen LogP contribution < -0.4 is 0 Å². The van der Waals surface area contributed by atoms with Crippen molar-refractivity contribution in [1.82, 2.24) is 29.4 Å². The number of aryl methyl sites for hydroxylation is 3. The number of carbonyl (C=O) groups is 1. The number of nitrogens with zero attached hydrogens (tertiary/aromatic N) is 6. The molecule has 1 amide bonds. The van der Waals surface area contributed by atoms with E-state index in [0.29, 0.717) is 13.0 Å². The van der Waals surface area contributed by atoms with E-state index < -0.39 is 0 Å². The van der Waals surface area contributed by atoms with Crippen LogP contribution in [0.15, 0.2) is 12.4 Å². The molecule has 0 saturated carbocycles. The first-order chi connectivity index (χ1) is 11.9. The number of carbonyl (C=O) groups excluding carboxylic acids is 1. The SMILES string of the molecule is Cc1nn(C)cc1CN1CCN(C(=O)CCn2ncc(I)c2C)CC1. The minimum absolute atomic E-state index is 0.224. The molecule has 136 valence electrons. The van der Waals surface area contributed by atoms with Crippen LogP contribution in [0.5, 0.6) is 0 Å². The summed E-state index contributed by atoms with van der Waals surface area (Å²) in [6.45, 7) is 9.08. The van der Waals surface area contributed by atoms with Gasteiger partial charge in [-0.2, -0.15) is 10.2 Å². The summed E-state index contributed by atoms with van der Waals surface area (Å²) in [6, 6.07) is 0. The molecule has 0 radical (unpaired) electrons. The Morgan fingerprint density at radius 3 is 2.52 bits per heavy atom. The second-order valence-electron chi connectivity index (χ2n) is 6.62. The third kappa shape index (κ3) is 4.41. The largest absolute Gasteiger partial charge is 0.340 e. The van der Waals surface area contributed by atoms with Crippen molar-refractivity contribution < 1.29 is 4.79 Å². The summed E-state index contributed by atoms with van der Waals surface area (Å²) in [5.41, 5.74) is 3.49. The first-order valence-electron chi connectivity index (χ1n) is 8.61. The fourth-order valence-corrected chi connectivity index (χ4v) is 3.61. The highest BCUT2D eigenvalue weighted by Gasteiger charge is 2.22. The second-order valence-corrected chi connectivity index (χ2v) is 7.78. The Bertz CT molecular complexity index is 744. The van der Waals surface area contributed by atoms with Crippen molar-refractivity contribution >= 4 is 28.5 Å². The highest BCUT2D eigenvalue weighted by molar-refractivity contribution is 14.1. The normalized spacial score (nSPS) is 15.8. The molecule has 3 heterocycles. The first kappa shape index (κ1) is 18.4. The summed E-state index contributed by atoms with van der Waals surface area (Å²) < 4.78 is 4.92. The van der Waals surface area contributed by atoms with Crippen LogP contribution in [0.1, 0.15) is 23.4 Å². The topological polar surface area (TPSA) is 59.2 Å². The number of hydrogen-bond acceptors (Lipinski definition) is 4. The van der Waals surface area contributed by atoms with Gasteiger partial charge in [0.15, 0.2) is 0 Å². The monoisotopic (exact) mass is 456 g/mol. The lowest BCUT2D eigenvalue weighted by molar-refractivity contribution is -0.133. The molecule has 0 spiro atoms. The Labute approximate surface area is 162 Å². The van der Waals surface area contributed by atoms with Crippen LogP contribution in [-0.2, 0) is 24.9 Å². The van der Waals surface area contributed by atoms with Crippen molar-refractivity contribution in [3.63, 3.8) is 0 Å². The van der Waals surface area contributed by atoms with E-state index in [2.05, 4.69) is 43.9 Å². The molecule has 8 heteroatoms. The number of amides is 1. The van der Waals surface area contributed by atoms with Crippen molar-refractivity contribution in [1.29, 1.82) is 0 Å². The molecular formula is C17H25IN6O. The van der Waals surface area contributed by atoms with Gasteiger partial charge in [0, 0.05) is 70.2 Å². The molecule has 1 saturated heterocycles. The molecule has 0 bridgehead atoms. The number of aromatic nitrogens is 4. The molecule has 25 heavy (non-hydrogen) atoms. The predicted octanol–water partition coefficient (Wildman–Crippen LogP) is 1.57. The zero-order chi connectivity index (χ0) is 18.0. The van der Waals surface area contributed by atoms with Gasteiger partial charge in [0.05, 0.1) is 15.5 Å². The van der Waals surface area contributed by atoms with E-state index in [9.17, 15) is 4.79 Å². The van der Waals surface area contributed by atoms with Crippen molar-refractivity contribution in [2.24, 2.45) is 7.05 Å². The summed E-state index contributed by atoms with van der Waals surface area (Å²) in [5, 5.41) is 8.72. The molecule has 1 fully saturated rings. The van der Waals surface area contributed by atoms with Gasteiger partial charge >= 0.3 is 0 Å². The van der Waals surface area contributed by atoms with Crippen LogP contribution >= 0.6 is 22.6 Å². The number of hydrogen-bond donors (Lipinski definition) is 0. The van der Waals surface area contributed by atoms with Gasteiger partial charge in [0.1, 0.15) is 0 Å². The minimum atomic E-state index is 0.224. The Kier molecular flexibility index (Phi) is 5.78. The van der Waals surface area contributed by atoms with Crippen molar-refractivity contribution in [3.05, 3.63) is 32.9 Å². The molecule has 0 atom stereocenters. The average molecular weight is 456 g/mol. The Hall–Kier alpha value is -1.42. The van der Waals surface area contributed by atoms with E-state index in [1.54, 1.807) is 0 Å². The van der Waals surface area contributed by atoms with E-state index in [1.807, 2.05) is 41.4 Å². The molecule has 0 unspecified atom stereocenters. The lowest BCUT2D eigenvalue weighted by atomic mass is 10.2. The third-order valence-electron chi connectivity index (χ3n) is 4.81. The molecule has 0 aromatic carbocycles. The Balaban J connectivity index is 1.46. The molecule has 0 aliphatic carbocycles.